The van der Waals surface area contributed by atoms with Gasteiger partial charge in [-0.05, 0) is 31.2 Å². The molecule has 1 N–H and O–H groups in total. The van der Waals surface area contributed by atoms with Gasteiger partial charge in [-0.15, -0.1) is 0 Å². The maximum atomic E-state index is 8.99. The molecule has 2 heteroatoms. The summed E-state index contributed by atoms with van der Waals surface area (Å²) < 4.78 is 5.02. The first-order chi connectivity index (χ1) is 6.72. The van der Waals surface area contributed by atoms with Crippen LogP contribution in [0.2, 0.25) is 0 Å². The third-order valence-electron chi connectivity index (χ3n) is 1.72. The van der Waals surface area contributed by atoms with E-state index in [-0.39, 0.29) is 6.10 Å². The van der Waals surface area contributed by atoms with Crippen molar-refractivity contribution in [3.63, 3.8) is 0 Å². The lowest BCUT2D eigenvalue weighted by Crippen LogP contribution is -1.95. The Hall–Kier alpha value is -1.46. The summed E-state index contributed by atoms with van der Waals surface area (Å²) in [6.45, 7) is 1.72. The van der Waals surface area contributed by atoms with Gasteiger partial charge in [0.05, 0.1) is 13.2 Å². The molecule has 2 nitrogen and oxygen atoms in total. The zero-order valence-electron chi connectivity index (χ0n) is 8.45. The van der Waals surface area contributed by atoms with Crippen LogP contribution in [-0.2, 0) is 0 Å². The minimum atomic E-state index is -0.360. The van der Waals surface area contributed by atoms with E-state index in [1.807, 2.05) is 24.3 Å². The third-order valence-corrected chi connectivity index (χ3v) is 1.72. The van der Waals surface area contributed by atoms with E-state index in [1.165, 1.54) is 0 Å². The molecule has 74 valence electrons. The summed E-state index contributed by atoms with van der Waals surface area (Å²) in [6, 6.07) is 7.53. The molecule has 0 aliphatic heterocycles. The highest BCUT2D eigenvalue weighted by molar-refractivity contribution is 5.38. The van der Waals surface area contributed by atoms with Crippen molar-refractivity contribution in [3.05, 3.63) is 29.8 Å². The van der Waals surface area contributed by atoms with Gasteiger partial charge in [-0.3, -0.25) is 0 Å². The second-order valence-corrected chi connectivity index (χ2v) is 3.08. The first-order valence-electron chi connectivity index (χ1n) is 4.53. The van der Waals surface area contributed by atoms with E-state index in [2.05, 4.69) is 11.8 Å². The molecule has 0 saturated carbocycles. The summed E-state index contributed by atoms with van der Waals surface area (Å²) in [5.41, 5.74) is 0.937. The molecule has 0 aliphatic carbocycles. The lowest BCUT2D eigenvalue weighted by molar-refractivity contribution is 0.201. The lowest BCUT2D eigenvalue weighted by atomic mass is 10.2. The Bertz CT molecular complexity index is 328. The second kappa shape index (κ2) is 5.31. The Morgan fingerprint density at radius 3 is 2.50 bits per heavy atom. The Morgan fingerprint density at radius 2 is 2.00 bits per heavy atom. The molecule has 0 spiro atoms. The zero-order chi connectivity index (χ0) is 10.4. The van der Waals surface area contributed by atoms with E-state index in [4.69, 9.17) is 9.84 Å². The quantitative estimate of drug-likeness (QED) is 0.721. The van der Waals surface area contributed by atoms with E-state index < -0.39 is 0 Å². The van der Waals surface area contributed by atoms with Gasteiger partial charge in [0.1, 0.15) is 5.75 Å². The highest BCUT2D eigenvalue weighted by Gasteiger charge is 1.91. The van der Waals surface area contributed by atoms with Crippen molar-refractivity contribution < 1.29 is 9.84 Å². The molecule has 0 aliphatic rings. The molecule has 0 bridgehead atoms. The Morgan fingerprint density at radius 1 is 1.36 bits per heavy atom. The molecule has 0 radical (unpaired) electrons. The average molecular weight is 190 g/mol. The molecule has 0 amide bonds. The Kier molecular flexibility index (Phi) is 4.03. The van der Waals surface area contributed by atoms with Crippen LogP contribution in [-0.4, -0.2) is 18.3 Å². The first-order valence-corrected chi connectivity index (χ1v) is 4.53. The summed E-state index contributed by atoms with van der Waals surface area (Å²) in [5, 5.41) is 8.99. The van der Waals surface area contributed by atoms with Gasteiger partial charge in [0.2, 0.25) is 0 Å². The summed E-state index contributed by atoms with van der Waals surface area (Å²) in [6.07, 6.45) is 0.146. The van der Waals surface area contributed by atoms with Gasteiger partial charge in [-0.1, -0.05) is 11.8 Å². The molecule has 0 aromatic heterocycles. The van der Waals surface area contributed by atoms with Crippen LogP contribution < -0.4 is 4.74 Å². The number of aliphatic hydroxyl groups excluding tert-OH is 1. The van der Waals surface area contributed by atoms with Crippen LogP contribution in [0, 0.1) is 11.8 Å². The number of hydrogen-bond donors (Lipinski definition) is 1. The fourth-order valence-electron chi connectivity index (χ4n) is 0.975. The first kappa shape index (κ1) is 10.6. The molecular weight excluding hydrogens is 176 g/mol. The molecule has 1 rings (SSSR count). The predicted octanol–water partition coefficient (Wildman–Crippen LogP) is 1.82. The standard InChI is InChI=1S/C12H14O2/c1-10(13)4-3-5-11-6-8-12(14-2)9-7-11/h6-10,13H,4H2,1-2H3/t10-/m0/s1. The highest BCUT2D eigenvalue weighted by atomic mass is 16.5. The van der Waals surface area contributed by atoms with E-state index in [1.54, 1.807) is 14.0 Å². The number of benzene rings is 1. The van der Waals surface area contributed by atoms with Crippen molar-refractivity contribution in [2.75, 3.05) is 7.11 Å². The summed E-state index contributed by atoms with van der Waals surface area (Å²) >= 11 is 0. The molecule has 1 aromatic carbocycles. The van der Waals surface area contributed by atoms with Gasteiger partial charge in [0.15, 0.2) is 0 Å². The SMILES string of the molecule is COc1ccc(C#CC[C@H](C)O)cc1. The maximum absolute atomic E-state index is 8.99. The van der Waals surface area contributed by atoms with Crippen molar-refractivity contribution in [2.24, 2.45) is 0 Å². The van der Waals surface area contributed by atoms with Gasteiger partial charge >= 0.3 is 0 Å². The molecule has 14 heavy (non-hydrogen) atoms. The summed E-state index contributed by atoms with van der Waals surface area (Å²) in [7, 11) is 1.63. The van der Waals surface area contributed by atoms with E-state index in [0.717, 1.165) is 11.3 Å². The lowest BCUT2D eigenvalue weighted by Gasteiger charge is -1.97. The summed E-state index contributed by atoms with van der Waals surface area (Å²) in [5.74, 6) is 6.68. The van der Waals surface area contributed by atoms with Crippen molar-refractivity contribution >= 4 is 0 Å². The number of aliphatic hydroxyl groups is 1. The predicted molar refractivity (Wildman–Crippen MR) is 56.2 cm³/mol. The van der Waals surface area contributed by atoms with Crippen LogP contribution >= 0.6 is 0 Å². The number of methoxy groups -OCH3 is 1. The largest absolute Gasteiger partial charge is 0.497 e. The van der Waals surface area contributed by atoms with Crippen LogP contribution in [0.5, 0.6) is 5.75 Å². The van der Waals surface area contributed by atoms with Crippen molar-refractivity contribution in [1.82, 2.24) is 0 Å². The molecular formula is C12H14O2. The molecule has 0 fully saturated rings. The van der Waals surface area contributed by atoms with Gasteiger partial charge in [-0.25, -0.2) is 0 Å². The second-order valence-electron chi connectivity index (χ2n) is 3.08. The van der Waals surface area contributed by atoms with Crippen LogP contribution in [0.3, 0.4) is 0 Å². The normalized spacial score (nSPS) is 11.4. The van der Waals surface area contributed by atoms with Crippen LogP contribution in [0.25, 0.3) is 0 Å². The highest BCUT2D eigenvalue weighted by Crippen LogP contribution is 2.10. The maximum Gasteiger partial charge on any atom is 0.118 e. The molecule has 0 heterocycles. The van der Waals surface area contributed by atoms with Gasteiger partial charge in [0.25, 0.3) is 0 Å². The van der Waals surface area contributed by atoms with E-state index >= 15 is 0 Å². The monoisotopic (exact) mass is 190 g/mol. The topological polar surface area (TPSA) is 29.5 Å². The number of ether oxygens (including phenoxy) is 1. The molecule has 0 unspecified atom stereocenters. The fourth-order valence-corrected chi connectivity index (χ4v) is 0.975. The minimum Gasteiger partial charge on any atom is -0.497 e. The smallest absolute Gasteiger partial charge is 0.118 e. The summed E-state index contributed by atoms with van der Waals surface area (Å²) in [4.78, 5) is 0. The zero-order valence-corrected chi connectivity index (χ0v) is 8.45. The number of rotatable bonds is 2. The average Bonchev–Trinajstić information content (AvgIpc) is 2.18. The van der Waals surface area contributed by atoms with Crippen molar-refractivity contribution in [2.45, 2.75) is 19.4 Å². The fraction of sp³-hybridized carbons (Fsp3) is 0.333. The van der Waals surface area contributed by atoms with Gasteiger partial charge < -0.3 is 9.84 Å². The van der Waals surface area contributed by atoms with Gasteiger partial charge in [0, 0.05) is 12.0 Å². The van der Waals surface area contributed by atoms with Gasteiger partial charge in [-0.2, -0.15) is 0 Å². The molecule has 1 atom stereocenters. The molecule has 0 saturated heterocycles. The van der Waals surface area contributed by atoms with E-state index in [9.17, 15) is 0 Å². The van der Waals surface area contributed by atoms with E-state index in [0.29, 0.717) is 6.42 Å². The van der Waals surface area contributed by atoms with Crippen molar-refractivity contribution in [3.8, 4) is 17.6 Å². The number of hydrogen-bond acceptors (Lipinski definition) is 2. The Balaban J connectivity index is 2.62. The molecule has 1 aromatic rings. The minimum absolute atomic E-state index is 0.360. The Labute approximate surface area is 84.5 Å². The van der Waals surface area contributed by atoms with Crippen LogP contribution in [0.4, 0.5) is 0 Å². The third kappa shape index (κ3) is 3.51. The van der Waals surface area contributed by atoms with Crippen molar-refractivity contribution in [1.29, 1.82) is 0 Å². The van der Waals surface area contributed by atoms with Crippen LogP contribution in [0.1, 0.15) is 18.9 Å². The van der Waals surface area contributed by atoms with Crippen LogP contribution in [0.15, 0.2) is 24.3 Å².